The molecule has 0 saturated carbocycles. The molecule has 0 bridgehead atoms. The summed E-state index contributed by atoms with van der Waals surface area (Å²) in [5.41, 5.74) is 2.81. The smallest absolute Gasteiger partial charge is 0.163 e. The largest absolute Gasteiger partial charge is 0.294 e. The van der Waals surface area contributed by atoms with Crippen molar-refractivity contribution in [1.82, 2.24) is 0 Å². The van der Waals surface area contributed by atoms with Gasteiger partial charge in [0.2, 0.25) is 0 Å². The monoisotopic (exact) mass is 274 g/mol. The molecular weight excluding hydrogens is 263 g/mol. The molecule has 0 amide bonds. The van der Waals surface area contributed by atoms with Crippen LogP contribution in [-0.4, -0.2) is 11.1 Å². The van der Waals surface area contributed by atoms with E-state index in [0.29, 0.717) is 17.6 Å². The van der Waals surface area contributed by atoms with E-state index >= 15 is 0 Å². The average molecular weight is 276 g/mol. The summed E-state index contributed by atoms with van der Waals surface area (Å²) in [7, 11) is 0. The van der Waals surface area contributed by atoms with E-state index in [2.05, 4.69) is 15.9 Å². The number of hydrogen-bond acceptors (Lipinski definition) is 1. The van der Waals surface area contributed by atoms with Crippen molar-refractivity contribution in [3.8, 4) is 0 Å². The van der Waals surface area contributed by atoms with E-state index in [0.717, 1.165) is 16.7 Å². The van der Waals surface area contributed by atoms with E-state index < -0.39 is 0 Å². The summed E-state index contributed by atoms with van der Waals surface area (Å²) in [6, 6.07) is 5.78. The second kappa shape index (κ2) is 5.52. The zero-order valence-corrected chi connectivity index (χ0v) is 10.4. The van der Waals surface area contributed by atoms with E-state index in [-0.39, 0.29) is 5.78 Å². The number of ketones is 1. The molecule has 0 fully saturated rings. The summed E-state index contributed by atoms with van der Waals surface area (Å²) >= 11 is 8.97. The summed E-state index contributed by atoms with van der Waals surface area (Å²) in [5, 5.41) is 0.705. The minimum absolute atomic E-state index is 0.173. The second-order valence-corrected chi connectivity index (χ2v) is 4.21. The SMILES string of the molecule is Cc1ccc(CCl)cc1C(=O)CCBr. The zero-order valence-electron chi connectivity index (χ0n) is 8.02. The molecule has 3 heteroatoms. The summed E-state index contributed by atoms with van der Waals surface area (Å²) in [6.45, 7) is 1.94. The second-order valence-electron chi connectivity index (χ2n) is 3.15. The lowest BCUT2D eigenvalue weighted by atomic mass is 10.0. The molecule has 0 spiro atoms. The third-order valence-electron chi connectivity index (χ3n) is 2.08. The standard InChI is InChI=1S/C11H12BrClO/c1-8-2-3-9(7-13)6-10(8)11(14)4-5-12/h2-3,6H,4-5,7H2,1H3. The molecule has 0 unspecified atom stereocenters. The summed E-state index contributed by atoms with van der Waals surface area (Å²) < 4.78 is 0. The molecule has 0 heterocycles. The van der Waals surface area contributed by atoms with Gasteiger partial charge in [-0.05, 0) is 24.1 Å². The Labute approximate surface area is 97.6 Å². The first-order valence-electron chi connectivity index (χ1n) is 4.43. The van der Waals surface area contributed by atoms with Crippen LogP contribution in [0.25, 0.3) is 0 Å². The minimum atomic E-state index is 0.173. The number of alkyl halides is 2. The van der Waals surface area contributed by atoms with Crippen molar-refractivity contribution in [2.45, 2.75) is 19.2 Å². The van der Waals surface area contributed by atoms with Crippen molar-refractivity contribution in [3.63, 3.8) is 0 Å². The number of hydrogen-bond donors (Lipinski definition) is 0. The summed E-state index contributed by atoms with van der Waals surface area (Å²) in [5.74, 6) is 0.626. The van der Waals surface area contributed by atoms with Gasteiger partial charge in [0.05, 0.1) is 0 Å². The molecule has 1 rings (SSSR count). The number of carbonyl (C=O) groups is 1. The van der Waals surface area contributed by atoms with Crippen molar-refractivity contribution < 1.29 is 4.79 Å². The molecule has 0 aliphatic rings. The molecule has 0 atom stereocenters. The summed E-state index contributed by atoms with van der Waals surface area (Å²) in [6.07, 6.45) is 0.534. The van der Waals surface area contributed by atoms with Gasteiger partial charge in [-0.25, -0.2) is 0 Å². The fourth-order valence-electron chi connectivity index (χ4n) is 1.27. The van der Waals surface area contributed by atoms with Crippen LogP contribution in [0.3, 0.4) is 0 Å². The highest BCUT2D eigenvalue weighted by Gasteiger charge is 2.08. The Morgan fingerprint density at radius 3 is 2.79 bits per heavy atom. The molecule has 1 aromatic carbocycles. The van der Waals surface area contributed by atoms with Crippen LogP contribution in [0.4, 0.5) is 0 Å². The normalized spacial score (nSPS) is 10.2. The number of benzene rings is 1. The van der Waals surface area contributed by atoms with Gasteiger partial charge in [0.1, 0.15) is 0 Å². The van der Waals surface area contributed by atoms with Crippen LogP contribution in [0.2, 0.25) is 0 Å². The quantitative estimate of drug-likeness (QED) is 0.605. The van der Waals surface area contributed by atoms with Crippen molar-refractivity contribution in [2.24, 2.45) is 0 Å². The van der Waals surface area contributed by atoms with Crippen molar-refractivity contribution in [1.29, 1.82) is 0 Å². The Hall–Kier alpha value is -0.340. The Kier molecular flexibility index (Phi) is 4.63. The molecule has 0 aliphatic carbocycles. The van der Waals surface area contributed by atoms with Crippen LogP contribution >= 0.6 is 27.5 Å². The minimum Gasteiger partial charge on any atom is -0.294 e. The maximum atomic E-state index is 11.7. The van der Waals surface area contributed by atoms with Crippen molar-refractivity contribution >= 4 is 33.3 Å². The molecule has 14 heavy (non-hydrogen) atoms. The third kappa shape index (κ3) is 2.82. The van der Waals surface area contributed by atoms with Crippen LogP contribution < -0.4 is 0 Å². The van der Waals surface area contributed by atoms with Gasteiger partial charge in [-0.2, -0.15) is 0 Å². The van der Waals surface area contributed by atoms with Crippen LogP contribution in [0.1, 0.15) is 27.9 Å². The van der Waals surface area contributed by atoms with Crippen LogP contribution in [0, 0.1) is 6.92 Å². The fraction of sp³-hybridized carbons (Fsp3) is 0.364. The van der Waals surface area contributed by atoms with Gasteiger partial charge >= 0.3 is 0 Å². The molecule has 0 N–H and O–H groups in total. The average Bonchev–Trinajstić information content (AvgIpc) is 2.19. The maximum Gasteiger partial charge on any atom is 0.163 e. The van der Waals surface area contributed by atoms with E-state index in [9.17, 15) is 4.79 Å². The van der Waals surface area contributed by atoms with E-state index in [1.54, 1.807) is 0 Å². The van der Waals surface area contributed by atoms with Crippen LogP contribution in [-0.2, 0) is 5.88 Å². The van der Waals surface area contributed by atoms with Gasteiger partial charge < -0.3 is 0 Å². The fourth-order valence-corrected chi connectivity index (χ4v) is 1.80. The topological polar surface area (TPSA) is 17.1 Å². The van der Waals surface area contributed by atoms with E-state index in [1.807, 2.05) is 25.1 Å². The van der Waals surface area contributed by atoms with Gasteiger partial charge in [-0.1, -0.05) is 28.1 Å². The number of rotatable bonds is 4. The maximum absolute atomic E-state index is 11.7. The highest BCUT2D eigenvalue weighted by molar-refractivity contribution is 9.09. The number of aryl methyl sites for hydroxylation is 1. The third-order valence-corrected chi connectivity index (χ3v) is 2.78. The molecular formula is C11H12BrClO. The Balaban J connectivity index is 2.99. The van der Waals surface area contributed by atoms with Gasteiger partial charge in [-0.15, -0.1) is 11.6 Å². The van der Waals surface area contributed by atoms with Crippen LogP contribution in [0.15, 0.2) is 18.2 Å². The van der Waals surface area contributed by atoms with E-state index in [4.69, 9.17) is 11.6 Å². The zero-order chi connectivity index (χ0) is 10.6. The first-order chi connectivity index (χ1) is 6.69. The van der Waals surface area contributed by atoms with Crippen molar-refractivity contribution in [3.05, 3.63) is 34.9 Å². The summed E-state index contributed by atoms with van der Waals surface area (Å²) in [4.78, 5) is 11.7. The van der Waals surface area contributed by atoms with E-state index in [1.165, 1.54) is 0 Å². The predicted molar refractivity (Wildman–Crippen MR) is 63.5 cm³/mol. The van der Waals surface area contributed by atoms with Gasteiger partial charge in [-0.3, -0.25) is 4.79 Å². The molecule has 1 nitrogen and oxygen atoms in total. The predicted octanol–water partition coefficient (Wildman–Crippen LogP) is 3.70. The first-order valence-corrected chi connectivity index (χ1v) is 6.09. The molecule has 1 aromatic rings. The number of halogens is 2. The van der Waals surface area contributed by atoms with Gasteiger partial charge in [0.25, 0.3) is 0 Å². The van der Waals surface area contributed by atoms with Crippen molar-refractivity contribution in [2.75, 3.05) is 5.33 Å². The van der Waals surface area contributed by atoms with Gasteiger partial charge in [0.15, 0.2) is 5.78 Å². The lowest BCUT2D eigenvalue weighted by Gasteiger charge is -2.05. The molecule has 0 aromatic heterocycles. The Bertz CT molecular complexity index is 336. The Morgan fingerprint density at radius 2 is 2.21 bits per heavy atom. The van der Waals surface area contributed by atoms with Crippen LogP contribution in [0.5, 0.6) is 0 Å². The highest BCUT2D eigenvalue weighted by atomic mass is 79.9. The number of carbonyl (C=O) groups excluding carboxylic acids is 1. The number of Topliss-reactive ketones (excluding diaryl/α,β-unsaturated/α-hetero) is 1. The molecule has 76 valence electrons. The molecule has 0 radical (unpaired) electrons. The lowest BCUT2D eigenvalue weighted by Crippen LogP contribution is -2.02. The van der Waals surface area contributed by atoms with Gasteiger partial charge in [0, 0.05) is 23.2 Å². The Morgan fingerprint density at radius 1 is 1.50 bits per heavy atom. The molecule has 0 aliphatic heterocycles. The highest BCUT2D eigenvalue weighted by Crippen LogP contribution is 2.15. The first kappa shape index (κ1) is 11.7. The molecule has 0 saturated heterocycles. The lowest BCUT2D eigenvalue weighted by molar-refractivity contribution is 0.0989.